The number of carbonyl (C=O) groups excluding carboxylic acids is 1. The van der Waals surface area contributed by atoms with Gasteiger partial charge in [0.05, 0.1) is 22.2 Å². The summed E-state index contributed by atoms with van der Waals surface area (Å²) in [5, 5.41) is 16.8. The lowest BCUT2D eigenvalue weighted by atomic mass is 10.2. The second-order valence-corrected chi connectivity index (χ2v) is 8.84. The molecule has 2 heterocycles. The molecule has 0 aliphatic carbocycles. The summed E-state index contributed by atoms with van der Waals surface area (Å²) >= 11 is 13.3. The minimum atomic E-state index is -0.225. The number of carbonyl (C=O) groups is 1. The topological polar surface area (TPSA) is 104 Å². The minimum Gasteiger partial charge on any atom is -0.335 e. The fourth-order valence-electron chi connectivity index (χ4n) is 3.01. The van der Waals surface area contributed by atoms with Crippen molar-refractivity contribution in [2.75, 3.05) is 16.9 Å². The molecule has 164 valence electrons. The third-order valence-corrected chi connectivity index (χ3v) is 6.04. The maximum Gasteiger partial charge on any atom is 0.236 e. The summed E-state index contributed by atoms with van der Waals surface area (Å²) in [5.74, 6) is 6.95. The van der Waals surface area contributed by atoms with Crippen molar-refractivity contribution in [3.63, 3.8) is 0 Å². The number of nitrogens with one attached hydrogen (secondary N) is 1. The van der Waals surface area contributed by atoms with Crippen LogP contribution in [0.2, 0.25) is 10.0 Å². The lowest BCUT2D eigenvalue weighted by Crippen LogP contribution is -2.18. The fourth-order valence-corrected chi connectivity index (χ4v) is 4.16. The van der Waals surface area contributed by atoms with Crippen LogP contribution in [0.15, 0.2) is 53.7 Å². The first-order chi connectivity index (χ1) is 15.3. The van der Waals surface area contributed by atoms with E-state index in [2.05, 4.69) is 20.6 Å². The van der Waals surface area contributed by atoms with Crippen LogP contribution in [-0.4, -0.2) is 36.3 Å². The molecule has 2 aromatic heterocycles. The summed E-state index contributed by atoms with van der Waals surface area (Å²) in [6.45, 7) is 3.88. The Morgan fingerprint density at radius 2 is 1.84 bits per heavy atom. The second-order valence-electron chi connectivity index (χ2n) is 7.06. The van der Waals surface area contributed by atoms with Crippen molar-refractivity contribution in [2.24, 2.45) is 0 Å². The van der Waals surface area contributed by atoms with Crippen molar-refractivity contribution >= 4 is 46.7 Å². The van der Waals surface area contributed by atoms with E-state index in [1.54, 1.807) is 22.9 Å². The van der Waals surface area contributed by atoms with Crippen molar-refractivity contribution < 1.29 is 4.79 Å². The van der Waals surface area contributed by atoms with Gasteiger partial charge in [-0.1, -0.05) is 52.7 Å². The summed E-state index contributed by atoms with van der Waals surface area (Å²) in [4.78, 5) is 12.6. The highest BCUT2D eigenvalue weighted by molar-refractivity contribution is 7.99. The first-order valence-electron chi connectivity index (χ1n) is 9.54. The standard InChI is InChI=1S/C21H19Cl2N7OS/c1-12-3-6-15(7-4-12)30-18(9-13(2)28-30)25-19(31)11-32-21-27-26-20(29(21)24)16-8-5-14(22)10-17(16)23/h3-10H,11,24H2,1-2H3,(H,25,31). The van der Waals surface area contributed by atoms with Gasteiger partial charge in [-0.3, -0.25) is 4.79 Å². The van der Waals surface area contributed by atoms with Gasteiger partial charge in [0, 0.05) is 16.7 Å². The fraction of sp³-hybridized carbons (Fsp3) is 0.143. The number of nitrogen functional groups attached to an aromatic ring is 1. The third kappa shape index (κ3) is 4.74. The third-order valence-electron chi connectivity index (χ3n) is 4.55. The first kappa shape index (κ1) is 22.2. The minimum absolute atomic E-state index is 0.0851. The average Bonchev–Trinajstić information content (AvgIpc) is 3.29. The van der Waals surface area contributed by atoms with Crippen LogP contribution >= 0.6 is 35.0 Å². The maximum atomic E-state index is 12.6. The number of hydrogen-bond acceptors (Lipinski definition) is 6. The predicted octanol–water partition coefficient (Wildman–Crippen LogP) is 4.50. The molecule has 8 nitrogen and oxygen atoms in total. The Kier molecular flexibility index (Phi) is 6.40. The van der Waals surface area contributed by atoms with Crippen molar-refractivity contribution in [2.45, 2.75) is 19.0 Å². The smallest absolute Gasteiger partial charge is 0.236 e. The number of nitrogens with two attached hydrogens (primary N) is 1. The van der Waals surface area contributed by atoms with Gasteiger partial charge in [-0.2, -0.15) is 5.10 Å². The molecular formula is C21H19Cl2N7OS. The number of aryl methyl sites for hydroxylation is 2. The van der Waals surface area contributed by atoms with Gasteiger partial charge in [-0.05, 0) is 44.2 Å². The van der Waals surface area contributed by atoms with E-state index >= 15 is 0 Å². The van der Waals surface area contributed by atoms with Crippen LogP contribution in [0.3, 0.4) is 0 Å². The van der Waals surface area contributed by atoms with Crippen LogP contribution in [0.5, 0.6) is 0 Å². The van der Waals surface area contributed by atoms with Gasteiger partial charge < -0.3 is 11.2 Å². The van der Waals surface area contributed by atoms with E-state index in [0.717, 1.165) is 28.7 Å². The van der Waals surface area contributed by atoms with Crippen LogP contribution in [0.1, 0.15) is 11.3 Å². The Bertz CT molecular complexity index is 1280. The summed E-state index contributed by atoms with van der Waals surface area (Å²) in [6.07, 6.45) is 0. The maximum absolute atomic E-state index is 12.6. The zero-order chi connectivity index (χ0) is 22.8. The van der Waals surface area contributed by atoms with Gasteiger partial charge in [0.15, 0.2) is 5.82 Å². The number of benzene rings is 2. The molecular weight excluding hydrogens is 469 g/mol. The van der Waals surface area contributed by atoms with Crippen molar-refractivity contribution in [1.82, 2.24) is 24.7 Å². The molecule has 0 fully saturated rings. The molecule has 4 aromatic rings. The highest BCUT2D eigenvalue weighted by atomic mass is 35.5. The van der Waals surface area contributed by atoms with Crippen LogP contribution in [-0.2, 0) is 4.79 Å². The van der Waals surface area contributed by atoms with Gasteiger partial charge in [0.25, 0.3) is 0 Å². The van der Waals surface area contributed by atoms with E-state index in [1.165, 1.54) is 4.68 Å². The normalized spacial score (nSPS) is 11.0. The Labute approximate surface area is 198 Å². The molecule has 3 N–H and O–H groups in total. The molecule has 2 aromatic carbocycles. The number of anilines is 1. The van der Waals surface area contributed by atoms with Gasteiger partial charge in [0.1, 0.15) is 5.82 Å². The summed E-state index contributed by atoms with van der Waals surface area (Å²) < 4.78 is 3.00. The molecule has 0 radical (unpaired) electrons. The Balaban J connectivity index is 1.46. The van der Waals surface area contributed by atoms with Crippen LogP contribution in [0, 0.1) is 13.8 Å². The summed E-state index contributed by atoms with van der Waals surface area (Å²) in [5.41, 5.74) is 3.39. The van der Waals surface area contributed by atoms with E-state index in [4.69, 9.17) is 29.0 Å². The number of thioether (sulfide) groups is 1. The summed E-state index contributed by atoms with van der Waals surface area (Å²) in [6, 6.07) is 14.7. The van der Waals surface area contributed by atoms with E-state index < -0.39 is 0 Å². The van der Waals surface area contributed by atoms with Crippen molar-refractivity contribution in [3.8, 4) is 17.1 Å². The van der Waals surface area contributed by atoms with Crippen LogP contribution < -0.4 is 11.2 Å². The lowest BCUT2D eigenvalue weighted by molar-refractivity contribution is -0.113. The quantitative estimate of drug-likeness (QED) is 0.306. The molecule has 32 heavy (non-hydrogen) atoms. The molecule has 0 saturated heterocycles. The SMILES string of the molecule is Cc1ccc(-n2nc(C)cc2NC(=O)CSc2nnc(-c3ccc(Cl)cc3Cl)n2N)cc1. The molecule has 0 spiro atoms. The number of rotatable bonds is 6. The Morgan fingerprint density at radius 1 is 1.09 bits per heavy atom. The molecule has 0 aliphatic heterocycles. The molecule has 0 bridgehead atoms. The van der Waals surface area contributed by atoms with E-state index in [1.807, 2.05) is 44.2 Å². The second kappa shape index (κ2) is 9.23. The first-order valence-corrected chi connectivity index (χ1v) is 11.3. The van der Waals surface area contributed by atoms with Crippen molar-refractivity contribution in [3.05, 3.63) is 69.8 Å². The number of halogens is 2. The molecule has 11 heteroatoms. The number of nitrogens with zero attached hydrogens (tertiary/aromatic N) is 5. The van der Waals surface area contributed by atoms with Gasteiger partial charge in [-0.15, -0.1) is 10.2 Å². The van der Waals surface area contributed by atoms with Crippen LogP contribution in [0.25, 0.3) is 17.1 Å². The van der Waals surface area contributed by atoms with Gasteiger partial charge in [-0.25, -0.2) is 9.36 Å². The van der Waals surface area contributed by atoms with Crippen LogP contribution in [0.4, 0.5) is 5.82 Å². The number of aromatic nitrogens is 5. The monoisotopic (exact) mass is 487 g/mol. The lowest BCUT2D eigenvalue weighted by Gasteiger charge is -2.09. The molecule has 4 rings (SSSR count). The van der Waals surface area contributed by atoms with E-state index in [0.29, 0.717) is 32.4 Å². The zero-order valence-electron chi connectivity index (χ0n) is 17.2. The van der Waals surface area contributed by atoms with Crippen molar-refractivity contribution in [1.29, 1.82) is 0 Å². The van der Waals surface area contributed by atoms with E-state index in [-0.39, 0.29) is 11.7 Å². The molecule has 0 aliphatic rings. The Morgan fingerprint density at radius 3 is 2.56 bits per heavy atom. The Hall–Kier alpha value is -3.01. The zero-order valence-corrected chi connectivity index (χ0v) is 19.5. The van der Waals surface area contributed by atoms with Gasteiger partial charge in [0.2, 0.25) is 11.1 Å². The highest BCUT2D eigenvalue weighted by Crippen LogP contribution is 2.30. The van der Waals surface area contributed by atoms with E-state index in [9.17, 15) is 4.79 Å². The average molecular weight is 488 g/mol. The predicted molar refractivity (Wildman–Crippen MR) is 128 cm³/mol. The molecule has 0 atom stereocenters. The number of hydrogen-bond donors (Lipinski definition) is 2. The van der Waals surface area contributed by atoms with Gasteiger partial charge >= 0.3 is 0 Å². The summed E-state index contributed by atoms with van der Waals surface area (Å²) in [7, 11) is 0. The highest BCUT2D eigenvalue weighted by Gasteiger charge is 2.17. The molecule has 0 saturated carbocycles. The largest absolute Gasteiger partial charge is 0.335 e. The molecule has 1 amide bonds. The molecule has 0 unspecified atom stereocenters. The number of amides is 1.